The number of carbonyl (C=O) groups is 3. The summed E-state index contributed by atoms with van der Waals surface area (Å²) in [6.07, 6.45) is 0. The van der Waals surface area contributed by atoms with Gasteiger partial charge < -0.3 is 24.8 Å². The number of fused-ring (bicyclic) bond motifs is 1. The molecule has 0 aliphatic carbocycles. The third kappa shape index (κ3) is 4.66. The topological polar surface area (TPSA) is 108 Å². The fourth-order valence-electron chi connectivity index (χ4n) is 4.11. The number of anilines is 2. The van der Waals surface area contributed by atoms with Crippen molar-refractivity contribution < 1.29 is 19.1 Å². The van der Waals surface area contributed by atoms with Crippen LogP contribution in [-0.4, -0.2) is 76.3 Å². The summed E-state index contributed by atoms with van der Waals surface area (Å²) < 4.78 is 5.45. The largest absolute Gasteiger partial charge is 0.494 e. The van der Waals surface area contributed by atoms with Gasteiger partial charge in [0.25, 0.3) is 11.8 Å². The number of hydrogen-bond donors (Lipinski definition) is 1. The Morgan fingerprint density at radius 3 is 2.35 bits per heavy atom. The van der Waals surface area contributed by atoms with Crippen molar-refractivity contribution >= 4 is 29.5 Å². The number of amides is 3. The van der Waals surface area contributed by atoms with Crippen LogP contribution in [0.25, 0.3) is 0 Å². The summed E-state index contributed by atoms with van der Waals surface area (Å²) >= 11 is 0. The molecule has 180 valence electrons. The van der Waals surface area contributed by atoms with Gasteiger partial charge in [0.15, 0.2) is 0 Å². The highest BCUT2D eigenvalue weighted by molar-refractivity contribution is 6.06. The number of rotatable bonds is 6. The van der Waals surface area contributed by atoms with E-state index in [9.17, 15) is 14.4 Å². The van der Waals surface area contributed by atoms with E-state index in [0.717, 1.165) is 0 Å². The molecule has 1 aromatic heterocycles. The van der Waals surface area contributed by atoms with Crippen LogP contribution in [0.5, 0.6) is 5.75 Å². The number of nitrogens with one attached hydrogen (secondary N) is 1. The highest BCUT2D eigenvalue weighted by Gasteiger charge is 2.35. The summed E-state index contributed by atoms with van der Waals surface area (Å²) in [5, 5.41) is 2.90. The molecule has 3 heterocycles. The summed E-state index contributed by atoms with van der Waals surface area (Å²) in [5.41, 5.74) is 1.39. The minimum Gasteiger partial charge on any atom is -0.494 e. The third-order valence-corrected chi connectivity index (χ3v) is 6.08. The fourth-order valence-corrected chi connectivity index (χ4v) is 4.11. The molecule has 0 radical (unpaired) electrons. The summed E-state index contributed by atoms with van der Waals surface area (Å²) in [6.45, 7) is 10.4. The summed E-state index contributed by atoms with van der Waals surface area (Å²) in [5.74, 6) is 0.930. The second-order valence-electron chi connectivity index (χ2n) is 8.63. The maximum absolute atomic E-state index is 13.1. The van der Waals surface area contributed by atoms with Gasteiger partial charge in [-0.1, -0.05) is 0 Å². The molecule has 0 unspecified atom stereocenters. The van der Waals surface area contributed by atoms with Crippen LogP contribution < -0.4 is 15.0 Å². The molecule has 1 saturated heterocycles. The van der Waals surface area contributed by atoms with Crippen LogP contribution in [0.15, 0.2) is 24.3 Å². The lowest BCUT2D eigenvalue weighted by molar-refractivity contribution is -0.129. The predicted octanol–water partition coefficient (Wildman–Crippen LogP) is 2.16. The molecule has 1 fully saturated rings. The Bertz CT molecular complexity index is 1090. The van der Waals surface area contributed by atoms with Crippen molar-refractivity contribution in [3.8, 4) is 5.75 Å². The molecular formula is C24H30N6O4. The summed E-state index contributed by atoms with van der Waals surface area (Å²) in [4.78, 5) is 52.4. The summed E-state index contributed by atoms with van der Waals surface area (Å²) in [6, 6.07) is 6.85. The standard InChI is InChI=1S/C24H30N6O4/c1-5-34-18-8-6-17(7-9-18)22(32)26-21-19-14-30(15(2)3)23(33)20(19)25-24(27-21)29-12-10-28(11-13-29)16(4)31/h6-9,15H,5,10-14H2,1-4H3,(H,25,26,27,32). The van der Waals surface area contributed by atoms with E-state index in [4.69, 9.17) is 4.74 Å². The number of piperazine rings is 1. The molecule has 2 aromatic rings. The van der Waals surface area contributed by atoms with Crippen molar-refractivity contribution in [1.82, 2.24) is 19.8 Å². The molecular weight excluding hydrogens is 436 g/mol. The van der Waals surface area contributed by atoms with Gasteiger partial charge >= 0.3 is 0 Å². The van der Waals surface area contributed by atoms with Crippen LogP contribution in [0.1, 0.15) is 54.1 Å². The van der Waals surface area contributed by atoms with Crippen LogP contribution in [0.3, 0.4) is 0 Å². The van der Waals surface area contributed by atoms with E-state index in [1.807, 2.05) is 25.7 Å². The van der Waals surface area contributed by atoms with Gasteiger partial charge in [-0.25, -0.2) is 4.98 Å². The quantitative estimate of drug-likeness (QED) is 0.695. The molecule has 2 aliphatic heterocycles. The molecule has 34 heavy (non-hydrogen) atoms. The zero-order valence-corrected chi connectivity index (χ0v) is 20.0. The van der Waals surface area contributed by atoms with Gasteiger partial charge in [-0.15, -0.1) is 0 Å². The first-order valence-corrected chi connectivity index (χ1v) is 11.5. The zero-order chi connectivity index (χ0) is 24.4. The normalized spacial score (nSPS) is 15.6. The summed E-state index contributed by atoms with van der Waals surface area (Å²) in [7, 11) is 0. The Labute approximate surface area is 198 Å². The molecule has 0 saturated carbocycles. The van der Waals surface area contributed by atoms with Gasteiger partial charge in [-0.05, 0) is 45.0 Å². The van der Waals surface area contributed by atoms with E-state index in [1.54, 1.807) is 41.0 Å². The zero-order valence-electron chi connectivity index (χ0n) is 20.0. The molecule has 0 bridgehead atoms. The first-order chi connectivity index (χ1) is 16.3. The lowest BCUT2D eigenvalue weighted by Gasteiger charge is -2.34. The molecule has 4 rings (SSSR count). The van der Waals surface area contributed by atoms with Gasteiger partial charge in [0.05, 0.1) is 13.2 Å². The van der Waals surface area contributed by atoms with Crippen molar-refractivity contribution in [2.24, 2.45) is 0 Å². The minimum atomic E-state index is -0.327. The Morgan fingerprint density at radius 1 is 1.09 bits per heavy atom. The first kappa shape index (κ1) is 23.5. The Balaban J connectivity index is 1.63. The number of ether oxygens (including phenoxy) is 1. The molecule has 3 amide bonds. The minimum absolute atomic E-state index is 0.0149. The maximum atomic E-state index is 13.1. The Kier molecular flexibility index (Phi) is 6.67. The van der Waals surface area contributed by atoms with Gasteiger partial charge in [-0.3, -0.25) is 14.4 Å². The highest BCUT2D eigenvalue weighted by atomic mass is 16.5. The fraction of sp³-hybridized carbons (Fsp3) is 0.458. The Hall–Kier alpha value is -3.69. The lowest BCUT2D eigenvalue weighted by Crippen LogP contribution is -2.48. The molecule has 1 aromatic carbocycles. The average Bonchev–Trinajstić information content (AvgIpc) is 3.17. The number of aromatic nitrogens is 2. The van der Waals surface area contributed by atoms with Crippen molar-refractivity contribution in [2.75, 3.05) is 43.0 Å². The van der Waals surface area contributed by atoms with E-state index in [-0.39, 0.29) is 23.8 Å². The molecule has 10 heteroatoms. The predicted molar refractivity (Wildman–Crippen MR) is 127 cm³/mol. The van der Waals surface area contributed by atoms with E-state index in [0.29, 0.717) is 73.7 Å². The van der Waals surface area contributed by atoms with E-state index >= 15 is 0 Å². The van der Waals surface area contributed by atoms with E-state index < -0.39 is 0 Å². The lowest BCUT2D eigenvalue weighted by atomic mass is 10.2. The van der Waals surface area contributed by atoms with Crippen molar-refractivity contribution in [1.29, 1.82) is 0 Å². The first-order valence-electron chi connectivity index (χ1n) is 11.5. The van der Waals surface area contributed by atoms with Crippen molar-refractivity contribution in [2.45, 2.75) is 40.3 Å². The second kappa shape index (κ2) is 9.66. The van der Waals surface area contributed by atoms with Crippen molar-refractivity contribution in [3.05, 3.63) is 41.1 Å². The van der Waals surface area contributed by atoms with Crippen molar-refractivity contribution in [3.63, 3.8) is 0 Å². The SMILES string of the molecule is CCOc1ccc(C(=O)Nc2nc(N3CCN(C(C)=O)CC3)nc3c2CN(C(C)C)C3=O)cc1. The van der Waals surface area contributed by atoms with Crippen LogP contribution in [0.2, 0.25) is 0 Å². The van der Waals surface area contributed by atoms with Crippen LogP contribution in [0.4, 0.5) is 11.8 Å². The monoisotopic (exact) mass is 466 g/mol. The third-order valence-electron chi connectivity index (χ3n) is 6.08. The van der Waals surface area contributed by atoms with E-state index in [1.165, 1.54) is 0 Å². The molecule has 0 spiro atoms. The number of carbonyl (C=O) groups excluding carboxylic acids is 3. The maximum Gasteiger partial charge on any atom is 0.273 e. The van der Waals surface area contributed by atoms with E-state index in [2.05, 4.69) is 15.3 Å². The van der Waals surface area contributed by atoms with Gasteiger partial charge in [-0.2, -0.15) is 4.98 Å². The average molecular weight is 467 g/mol. The molecule has 2 aliphatic rings. The number of benzene rings is 1. The highest BCUT2D eigenvalue weighted by Crippen LogP contribution is 2.31. The van der Waals surface area contributed by atoms with Gasteiger partial charge in [0.1, 0.15) is 17.3 Å². The second-order valence-corrected chi connectivity index (χ2v) is 8.63. The van der Waals surface area contributed by atoms with Gasteiger partial charge in [0.2, 0.25) is 11.9 Å². The van der Waals surface area contributed by atoms with Gasteiger partial charge in [0, 0.05) is 50.3 Å². The van der Waals surface area contributed by atoms with Crippen LogP contribution >= 0.6 is 0 Å². The molecule has 10 nitrogen and oxygen atoms in total. The molecule has 1 N–H and O–H groups in total. The smallest absolute Gasteiger partial charge is 0.273 e. The molecule has 0 atom stereocenters. The Morgan fingerprint density at radius 2 is 1.76 bits per heavy atom. The number of nitrogens with zero attached hydrogens (tertiary/aromatic N) is 5. The number of hydrogen-bond acceptors (Lipinski definition) is 7. The van der Waals surface area contributed by atoms with Crippen LogP contribution in [0, 0.1) is 0 Å². The van der Waals surface area contributed by atoms with Crippen LogP contribution in [-0.2, 0) is 11.3 Å².